The first-order valence-electron chi connectivity index (χ1n) is 8.35. The van der Waals surface area contributed by atoms with Gasteiger partial charge in [0.2, 0.25) is 0 Å². The van der Waals surface area contributed by atoms with Crippen molar-refractivity contribution in [1.29, 1.82) is 5.26 Å². The van der Waals surface area contributed by atoms with E-state index in [0.29, 0.717) is 21.2 Å². The molecule has 6 heteroatoms. The molecule has 3 aromatic carbocycles. The van der Waals surface area contributed by atoms with Gasteiger partial charge in [-0.3, -0.25) is 4.99 Å². The molecule has 3 nitrogen and oxygen atoms in total. The average molecular weight is 473 g/mol. The van der Waals surface area contributed by atoms with Crippen molar-refractivity contribution in [3.05, 3.63) is 103 Å². The number of aryl methyl sites for hydroxylation is 1. The van der Waals surface area contributed by atoms with Gasteiger partial charge in [-0.1, -0.05) is 63.4 Å². The highest BCUT2D eigenvalue weighted by molar-refractivity contribution is 9.10. The van der Waals surface area contributed by atoms with E-state index in [0.717, 1.165) is 21.2 Å². The van der Waals surface area contributed by atoms with Crippen LogP contribution in [0.15, 0.2) is 70.1 Å². The van der Waals surface area contributed by atoms with E-state index in [4.69, 9.17) is 28.5 Å². The predicted molar refractivity (Wildman–Crippen MR) is 115 cm³/mol. The molecule has 0 heterocycles. The molecule has 140 valence electrons. The van der Waals surface area contributed by atoms with Crippen LogP contribution in [0, 0.1) is 18.3 Å². The lowest BCUT2D eigenvalue weighted by molar-refractivity contribution is -0.213. The Bertz CT molecular complexity index is 1090. The molecule has 28 heavy (non-hydrogen) atoms. The summed E-state index contributed by atoms with van der Waals surface area (Å²) in [7, 11) is 0. The van der Waals surface area contributed by atoms with Crippen LogP contribution < -0.4 is 5.11 Å². The highest BCUT2D eigenvalue weighted by Crippen LogP contribution is 2.34. The van der Waals surface area contributed by atoms with E-state index in [-0.39, 0.29) is 5.90 Å². The summed E-state index contributed by atoms with van der Waals surface area (Å²) in [5.74, 6) is -0.366. The first-order chi connectivity index (χ1) is 13.4. The first-order valence-corrected chi connectivity index (χ1v) is 9.90. The lowest BCUT2D eigenvalue weighted by Crippen LogP contribution is -2.21. The molecule has 0 aliphatic heterocycles. The Balaban J connectivity index is 2.11. The van der Waals surface area contributed by atoms with Gasteiger partial charge in [0.1, 0.15) is 6.04 Å². The lowest BCUT2D eigenvalue weighted by Gasteiger charge is -2.21. The molecule has 0 radical (unpaired) electrons. The Morgan fingerprint density at radius 1 is 1.04 bits per heavy atom. The number of rotatable bonds is 4. The van der Waals surface area contributed by atoms with Gasteiger partial charge in [-0.25, -0.2) is 0 Å². The molecule has 1 unspecified atom stereocenters. The zero-order valence-electron chi connectivity index (χ0n) is 14.8. The smallest absolute Gasteiger partial charge is 0.100 e. The summed E-state index contributed by atoms with van der Waals surface area (Å²) in [4.78, 5) is 4.47. The number of nitriles is 1. The molecule has 0 aliphatic rings. The minimum absolute atomic E-state index is 0.366. The zero-order chi connectivity index (χ0) is 20.3. The molecule has 3 rings (SSSR count). The Hall–Kier alpha value is -2.32. The molecule has 0 fully saturated rings. The Labute approximate surface area is 182 Å². The van der Waals surface area contributed by atoms with Crippen molar-refractivity contribution in [2.24, 2.45) is 4.99 Å². The second kappa shape index (κ2) is 8.79. The van der Waals surface area contributed by atoms with E-state index in [1.54, 1.807) is 49.4 Å². The highest BCUT2D eigenvalue weighted by Gasteiger charge is 2.16. The van der Waals surface area contributed by atoms with Crippen LogP contribution in [-0.4, -0.2) is 5.90 Å². The van der Waals surface area contributed by atoms with Crippen LogP contribution in [0.1, 0.15) is 33.9 Å². The molecule has 0 aromatic heterocycles. The normalized spacial score (nSPS) is 12.5. The molecule has 0 saturated carbocycles. The van der Waals surface area contributed by atoms with Crippen molar-refractivity contribution < 1.29 is 5.11 Å². The Morgan fingerprint density at radius 3 is 2.32 bits per heavy atom. The summed E-state index contributed by atoms with van der Waals surface area (Å²) in [6.07, 6.45) is 0. The van der Waals surface area contributed by atoms with Crippen molar-refractivity contribution in [3.8, 4) is 6.07 Å². The maximum absolute atomic E-state index is 12.9. The van der Waals surface area contributed by atoms with E-state index in [1.807, 2.05) is 18.2 Å². The maximum atomic E-state index is 12.9. The summed E-state index contributed by atoms with van der Waals surface area (Å²) in [6.45, 7) is 1.79. The summed E-state index contributed by atoms with van der Waals surface area (Å²) >= 11 is 15.6. The lowest BCUT2D eigenvalue weighted by atomic mass is 9.99. The highest BCUT2D eigenvalue weighted by atomic mass is 79.9. The number of aliphatic imine (C=N–C) groups is 1. The van der Waals surface area contributed by atoms with E-state index in [2.05, 4.69) is 27.0 Å². The monoisotopic (exact) mass is 471 g/mol. The van der Waals surface area contributed by atoms with Crippen LogP contribution in [0.5, 0.6) is 0 Å². The number of halogens is 3. The van der Waals surface area contributed by atoms with Gasteiger partial charge in [-0.05, 0) is 71.5 Å². The van der Waals surface area contributed by atoms with Crippen molar-refractivity contribution >= 4 is 45.0 Å². The Kier molecular flexibility index (Phi) is 6.41. The molecule has 0 amide bonds. The fraction of sp³-hybridized carbons (Fsp3) is 0.0909. The van der Waals surface area contributed by atoms with E-state index < -0.39 is 6.04 Å². The predicted octanol–water partition coefficient (Wildman–Crippen LogP) is 5.83. The first kappa shape index (κ1) is 20.4. The number of hydrogen-bond acceptors (Lipinski definition) is 3. The summed E-state index contributed by atoms with van der Waals surface area (Å²) in [5, 5.41) is 23.1. The largest absolute Gasteiger partial charge is 0.858 e. The minimum atomic E-state index is -0.535. The minimum Gasteiger partial charge on any atom is -0.858 e. The molecule has 0 saturated heterocycles. The van der Waals surface area contributed by atoms with E-state index in [1.165, 1.54) is 0 Å². The second-order valence-electron chi connectivity index (χ2n) is 6.20. The fourth-order valence-corrected chi connectivity index (χ4v) is 3.83. The van der Waals surface area contributed by atoms with Crippen LogP contribution in [-0.2, 0) is 0 Å². The van der Waals surface area contributed by atoms with Crippen molar-refractivity contribution in [1.82, 2.24) is 0 Å². The second-order valence-corrected chi connectivity index (χ2v) is 7.92. The Morgan fingerprint density at radius 2 is 1.71 bits per heavy atom. The maximum Gasteiger partial charge on any atom is 0.100 e. The quantitative estimate of drug-likeness (QED) is 0.354. The molecular weight excluding hydrogens is 459 g/mol. The van der Waals surface area contributed by atoms with Gasteiger partial charge in [0.05, 0.1) is 11.6 Å². The third kappa shape index (κ3) is 4.56. The van der Waals surface area contributed by atoms with Gasteiger partial charge < -0.3 is 5.11 Å². The third-order valence-corrected chi connectivity index (χ3v) is 5.46. The van der Waals surface area contributed by atoms with Gasteiger partial charge in [0, 0.05) is 14.5 Å². The zero-order valence-corrected chi connectivity index (χ0v) is 17.9. The molecule has 0 N–H and O–H groups in total. The SMILES string of the molecule is Cc1cc(C([O-])=NC(c2ccc(Cl)cc2)c2ccc(Cl)cc2Br)ccc1C#N. The number of benzene rings is 3. The van der Waals surface area contributed by atoms with Gasteiger partial charge in [-0.2, -0.15) is 5.26 Å². The molecule has 0 aliphatic carbocycles. The molecule has 1 atom stereocenters. The van der Waals surface area contributed by atoms with Gasteiger partial charge in [-0.15, -0.1) is 0 Å². The van der Waals surface area contributed by atoms with Crippen LogP contribution in [0.3, 0.4) is 0 Å². The summed E-state index contributed by atoms with van der Waals surface area (Å²) in [5.41, 5.74) is 3.34. The van der Waals surface area contributed by atoms with Gasteiger partial charge in [0.15, 0.2) is 0 Å². The van der Waals surface area contributed by atoms with E-state index >= 15 is 0 Å². The van der Waals surface area contributed by atoms with Crippen molar-refractivity contribution in [3.63, 3.8) is 0 Å². The number of nitrogens with zero attached hydrogens (tertiary/aromatic N) is 2. The van der Waals surface area contributed by atoms with Gasteiger partial charge >= 0.3 is 0 Å². The fourth-order valence-electron chi connectivity index (χ4n) is 2.81. The van der Waals surface area contributed by atoms with Crippen LogP contribution >= 0.6 is 39.1 Å². The topological polar surface area (TPSA) is 59.2 Å². The average Bonchev–Trinajstić information content (AvgIpc) is 2.67. The third-order valence-electron chi connectivity index (χ3n) is 4.28. The summed E-state index contributed by atoms with van der Waals surface area (Å²) in [6, 6.07) is 19.1. The summed E-state index contributed by atoms with van der Waals surface area (Å²) < 4.78 is 0.757. The molecular formula is C22H14BrCl2N2O-. The van der Waals surface area contributed by atoms with E-state index in [9.17, 15) is 5.11 Å². The van der Waals surface area contributed by atoms with Crippen LogP contribution in [0.4, 0.5) is 0 Å². The van der Waals surface area contributed by atoms with Crippen LogP contribution in [0.25, 0.3) is 0 Å². The van der Waals surface area contributed by atoms with Crippen molar-refractivity contribution in [2.45, 2.75) is 13.0 Å². The molecule has 3 aromatic rings. The van der Waals surface area contributed by atoms with Crippen LogP contribution in [0.2, 0.25) is 10.0 Å². The molecule has 0 spiro atoms. The molecule has 0 bridgehead atoms. The van der Waals surface area contributed by atoms with Crippen molar-refractivity contribution in [2.75, 3.05) is 0 Å². The standard InChI is InChI=1S/C22H15BrCl2N2O/c1-13-10-15(2-3-16(13)12-26)22(28)27-21(14-4-6-17(24)7-5-14)19-9-8-18(25)11-20(19)23/h2-11,21H,1H3,(H,27,28)/p-1. The van der Waals surface area contributed by atoms with Gasteiger partial charge in [0.25, 0.3) is 0 Å². The number of hydrogen-bond donors (Lipinski definition) is 0.